The third kappa shape index (κ3) is 2.57. The van der Waals surface area contributed by atoms with Crippen molar-refractivity contribution in [2.45, 2.75) is 6.61 Å². The predicted molar refractivity (Wildman–Crippen MR) is 68.1 cm³/mol. The van der Waals surface area contributed by atoms with Crippen molar-refractivity contribution in [3.8, 4) is 11.5 Å². The van der Waals surface area contributed by atoms with E-state index in [-0.39, 0.29) is 0 Å². The normalized spacial score (nSPS) is 10.4. The lowest BCUT2D eigenvalue weighted by Crippen LogP contribution is -2.08. The molecule has 2 nitrogen and oxygen atoms in total. The van der Waals surface area contributed by atoms with Crippen LogP contribution in [-0.4, -0.2) is 7.11 Å². The van der Waals surface area contributed by atoms with Crippen molar-refractivity contribution in [2.75, 3.05) is 7.11 Å². The lowest BCUT2D eigenvalue weighted by molar-refractivity contribution is 0.283. The minimum absolute atomic E-state index is 0.421. The molecule has 2 aromatic carbocycles. The van der Waals surface area contributed by atoms with Crippen molar-refractivity contribution < 1.29 is 22.6 Å². The van der Waals surface area contributed by atoms with Crippen LogP contribution < -0.4 is 9.47 Å². The van der Waals surface area contributed by atoms with Gasteiger partial charge in [-0.3, -0.25) is 0 Å². The Morgan fingerprint density at radius 1 is 1.00 bits per heavy atom. The number of hydrogen-bond donors (Lipinski definition) is 0. The van der Waals surface area contributed by atoms with Gasteiger partial charge in [0.1, 0.15) is 12.4 Å². The molecule has 105 valence electrons. The summed E-state index contributed by atoms with van der Waals surface area (Å²) >= 11 is 0. The molecule has 0 aromatic heterocycles. The molecule has 0 fully saturated rings. The second kappa shape index (κ2) is 5.86. The number of ether oxygens (including phenoxy) is 2. The fourth-order valence-electron chi connectivity index (χ4n) is 1.74. The third-order valence-electron chi connectivity index (χ3n) is 2.79. The topological polar surface area (TPSA) is 18.5 Å². The molecule has 0 spiro atoms. The van der Waals surface area contributed by atoms with Gasteiger partial charge in [-0.15, -0.1) is 0 Å². The third-order valence-corrected chi connectivity index (χ3v) is 2.79. The largest absolute Gasteiger partial charge is 0.493 e. The standard InChI is InChI=1S/C15H12F3O2/c1-9-12(16)13(17)11(14(18)15(9)19-2)8-20-10-6-4-3-5-7-10/h3-7H,1,8H2,2H3. The van der Waals surface area contributed by atoms with Gasteiger partial charge in [-0.1, -0.05) is 18.2 Å². The van der Waals surface area contributed by atoms with Crippen LogP contribution in [0, 0.1) is 24.4 Å². The Kier molecular flexibility index (Phi) is 4.17. The second-order valence-corrected chi connectivity index (χ2v) is 4.03. The zero-order valence-electron chi connectivity index (χ0n) is 10.8. The van der Waals surface area contributed by atoms with E-state index in [1.807, 2.05) is 0 Å². The Labute approximate surface area is 114 Å². The van der Waals surface area contributed by atoms with Crippen molar-refractivity contribution in [3.63, 3.8) is 0 Å². The van der Waals surface area contributed by atoms with Crippen LogP contribution in [0.5, 0.6) is 11.5 Å². The van der Waals surface area contributed by atoms with Gasteiger partial charge in [0.25, 0.3) is 0 Å². The number of rotatable bonds is 4. The summed E-state index contributed by atoms with van der Waals surface area (Å²) in [5.41, 5.74) is -0.985. The highest BCUT2D eigenvalue weighted by Crippen LogP contribution is 2.31. The van der Waals surface area contributed by atoms with Gasteiger partial charge < -0.3 is 9.47 Å². The maximum atomic E-state index is 14.0. The van der Waals surface area contributed by atoms with Crippen molar-refractivity contribution in [3.05, 3.63) is 65.8 Å². The van der Waals surface area contributed by atoms with Crippen molar-refractivity contribution in [2.24, 2.45) is 0 Å². The van der Waals surface area contributed by atoms with E-state index in [1.165, 1.54) is 0 Å². The first-order valence-corrected chi connectivity index (χ1v) is 5.79. The summed E-state index contributed by atoms with van der Waals surface area (Å²) < 4.78 is 51.3. The summed E-state index contributed by atoms with van der Waals surface area (Å²) in [5.74, 6) is -3.56. The first-order chi connectivity index (χ1) is 9.56. The first kappa shape index (κ1) is 14.2. The Hall–Kier alpha value is -2.17. The minimum atomic E-state index is -1.32. The molecule has 0 unspecified atom stereocenters. The second-order valence-electron chi connectivity index (χ2n) is 4.03. The average Bonchev–Trinajstić information content (AvgIpc) is 2.47. The van der Waals surface area contributed by atoms with E-state index in [0.29, 0.717) is 5.75 Å². The highest BCUT2D eigenvalue weighted by molar-refractivity contribution is 5.43. The van der Waals surface area contributed by atoms with Crippen LogP contribution in [0.2, 0.25) is 0 Å². The molecule has 0 saturated carbocycles. The molecular formula is C15H12F3O2. The molecule has 0 atom stereocenters. The van der Waals surface area contributed by atoms with Crippen LogP contribution in [0.1, 0.15) is 11.1 Å². The van der Waals surface area contributed by atoms with Gasteiger partial charge in [0.15, 0.2) is 23.2 Å². The number of halogens is 3. The van der Waals surface area contributed by atoms with E-state index in [2.05, 4.69) is 6.92 Å². The minimum Gasteiger partial charge on any atom is -0.493 e. The van der Waals surface area contributed by atoms with E-state index in [4.69, 9.17) is 9.47 Å². The van der Waals surface area contributed by atoms with Crippen LogP contribution in [0.4, 0.5) is 13.2 Å². The number of para-hydroxylation sites is 1. The molecule has 2 rings (SSSR count). The van der Waals surface area contributed by atoms with Crippen LogP contribution >= 0.6 is 0 Å². The Morgan fingerprint density at radius 3 is 2.25 bits per heavy atom. The summed E-state index contributed by atoms with van der Waals surface area (Å²) in [7, 11) is 1.16. The molecule has 0 aliphatic heterocycles. The van der Waals surface area contributed by atoms with E-state index in [9.17, 15) is 13.2 Å². The van der Waals surface area contributed by atoms with E-state index in [1.54, 1.807) is 30.3 Å². The van der Waals surface area contributed by atoms with E-state index < -0.39 is 40.9 Å². The van der Waals surface area contributed by atoms with Gasteiger partial charge in [-0.25, -0.2) is 13.2 Å². The van der Waals surface area contributed by atoms with Crippen molar-refractivity contribution in [1.82, 2.24) is 0 Å². The van der Waals surface area contributed by atoms with Gasteiger partial charge in [0.2, 0.25) is 0 Å². The molecule has 0 amide bonds. The molecule has 0 saturated heterocycles. The summed E-state index contributed by atoms with van der Waals surface area (Å²) in [6.45, 7) is 2.80. The summed E-state index contributed by atoms with van der Waals surface area (Å²) in [6, 6.07) is 8.44. The molecule has 2 aromatic rings. The quantitative estimate of drug-likeness (QED) is 0.792. The molecular weight excluding hydrogens is 269 g/mol. The maximum absolute atomic E-state index is 14.0. The Morgan fingerprint density at radius 2 is 1.65 bits per heavy atom. The van der Waals surface area contributed by atoms with Crippen LogP contribution in [0.25, 0.3) is 0 Å². The fourth-order valence-corrected chi connectivity index (χ4v) is 1.74. The SMILES string of the molecule is [CH2]c1c(F)c(F)c(COc2ccccc2)c(F)c1OC. The molecule has 0 heterocycles. The van der Waals surface area contributed by atoms with Crippen molar-refractivity contribution in [1.29, 1.82) is 0 Å². The van der Waals surface area contributed by atoms with Crippen molar-refractivity contribution >= 4 is 0 Å². The predicted octanol–water partition coefficient (Wildman–Crippen LogP) is 3.87. The summed E-state index contributed by atoms with van der Waals surface area (Å²) in [6.07, 6.45) is 0. The van der Waals surface area contributed by atoms with E-state index in [0.717, 1.165) is 7.11 Å². The molecule has 0 aliphatic carbocycles. The fraction of sp³-hybridized carbons (Fsp3) is 0.133. The Balaban J connectivity index is 2.34. The molecule has 0 N–H and O–H groups in total. The van der Waals surface area contributed by atoms with Gasteiger partial charge in [0.05, 0.1) is 12.7 Å². The highest BCUT2D eigenvalue weighted by Gasteiger charge is 2.23. The Bertz CT molecular complexity index is 613. The number of hydrogen-bond acceptors (Lipinski definition) is 2. The summed E-state index contributed by atoms with van der Waals surface area (Å²) in [4.78, 5) is 0. The lowest BCUT2D eigenvalue weighted by atomic mass is 10.1. The van der Waals surface area contributed by atoms with Gasteiger partial charge in [-0.2, -0.15) is 0 Å². The van der Waals surface area contributed by atoms with Gasteiger partial charge >= 0.3 is 0 Å². The highest BCUT2D eigenvalue weighted by atomic mass is 19.2. The van der Waals surface area contributed by atoms with Gasteiger partial charge in [0, 0.05) is 5.56 Å². The van der Waals surface area contributed by atoms with Crippen LogP contribution in [-0.2, 0) is 6.61 Å². The monoisotopic (exact) mass is 281 g/mol. The molecule has 0 aliphatic rings. The molecule has 20 heavy (non-hydrogen) atoms. The maximum Gasteiger partial charge on any atom is 0.175 e. The zero-order chi connectivity index (χ0) is 14.7. The van der Waals surface area contributed by atoms with Crippen LogP contribution in [0.3, 0.4) is 0 Å². The first-order valence-electron chi connectivity index (χ1n) is 5.79. The molecule has 0 bridgehead atoms. The lowest BCUT2D eigenvalue weighted by Gasteiger charge is -2.13. The molecule has 5 heteroatoms. The smallest absolute Gasteiger partial charge is 0.175 e. The average molecular weight is 281 g/mol. The molecule has 1 radical (unpaired) electrons. The summed E-state index contributed by atoms with van der Waals surface area (Å²) in [5, 5.41) is 0. The van der Waals surface area contributed by atoms with Gasteiger partial charge in [-0.05, 0) is 19.1 Å². The van der Waals surface area contributed by atoms with E-state index >= 15 is 0 Å². The zero-order valence-corrected chi connectivity index (χ0v) is 10.8. The van der Waals surface area contributed by atoms with Crippen LogP contribution in [0.15, 0.2) is 30.3 Å². The number of methoxy groups -OCH3 is 1. The number of benzene rings is 2.